The van der Waals surface area contributed by atoms with Crippen molar-refractivity contribution in [2.75, 3.05) is 26.2 Å². The SMILES string of the molecule is CCOc1ccc(S(=O)(=O)N2CCC[C@H](C(=O)NCCC3=CCCCC3)C2)cc1Cl. The molecule has 0 radical (unpaired) electrons. The molecule has 1 atom stereocenters. The van der Waals surface area contributed by atoms with Crippen molar-refractivity contribution in [3.63, 3.8) is 0 Å². The highest BCUT2D eigenvalue weighted by molar-refractivity contribution is 7.89. The minimum Gasteiger partial charge on any atom is -0.492 e. The lowest BCUT2D eigenvalue weighted by molar-refractivity contribution is -0.126. The van der Waals surface area contributed by atoms with E-state index in [0.29, 0.717) is 38.3 Å². The van der Waals surface area contributed by atoms with Crippen LogP contribution in [0.2, 0.25) is 5.02 Å². The fraction of sp³-hybridized carbons (Fsp3) is 0.591. The molecule has 1 N–H and O–H groups in total. The Kier molecular flexibility index (Phi) is 8.20. The van der Waals surface area contributed by atoms with Crippen molar-refractivity contribution in [3.05, 3.63) is 34.9 Å². The Morgan fingerprint density at radius 2 is 2.13 bits per heavy atom. The summed E-state index contributed by atoms with van der Waals surface area (Å²) in [6, 6.07) is 4.50. The van der Waals surface area contributed by atoms with Gasteiger partial charge in [0.25, 0.3) is 0 Å². The van der Waals surface area contributed by atoms with Crippen molar-refractivity contribution < 1.29 is 17.9 Å². The molecule has 1 aliphatic carbocycles. The summed E-state index contributed by atoms with van der Waals surface area (Å²) in [6.07, 6.45) is 9.26. The van der Waals surface area contributed by atoms with Crippen molar-refractivity contribution in [2.24, 2.45) is 5.92 Å². The summed E-state index contributed by atoms with van der Waals surface area (Å²) in [4.78, 5) is 12.8. The van der Waals surface area contributed by atoms with E-state index in [1.165, 1.54) is 34.9 Å². The topological polar surface area (TPSA) is 75.7 Å². The van der Waals surface area contributed by atoms with E-state index < -0.39 is 10.0 Å². The number of carbonyl (C=O) groups excluding carboxylic acids is 1. The summed E-state index contributed by atoms with van der Waals surface area (Å²) in [5.41, 5.74) is 1.42. The van der Waals surface area contributed by atoms with Gasteiger partial charge in [0, 0.05) is 19.6 Å². The first kappa shape index (κ1) is 23.1. The molecule has 1 fully saturated rings. The van der Waals surface area contributed by atoms with Gasteiger partial charge >= 0.3 is 0 Å². The number of ether oxygens (including phenoxy) is 1. The molecule has 1 amide bonds. The molecule has 0 aromatic heterocycles. The number of piperidine rings is 1. The van der Waals surface area contributed by atoms with Crippen molar-refractivity contribution >= 4 is 27.5 Å². The Morgan fingerprint density at radius 3 is 2.83 bits per heavy atom. The maximum absolute atomic E-state index is 13.1. The molecular weight excluding hydrogens is 424 g/mol. The quantitative estimate of drug-likeness (QED) is 0.599. The highest BCUT2D eigenvalue weighted by Crippen LogP contribution is 2.30. The van der Waals surface area contributed by atoms with Gasteiger partial charge in [-0.05, 0) is 70.1 Å². The van der Waals surface area contributed by atoms with Gasteiger partial charge in [0.15, 0.2) is 0 Å². The zero-order valence-corrected chi connectivity index (χ0v) is 19.1. The van der Waals surface area contributed by atoms with Crippen LogP contribution in [0, 0.1) is 5.92 Å². The van der Waals surface area contributed by atoms with Crippen molar-refractivity contribution in [1.29, 1.82) is 0 Å². The van der Waals surface area contributed by atoms with E-state index in [4.69, 9.17) is 16.3 Å². The molecule has 8 heteroatoms. The number of hydrogen-bond donors (Lipinski definition) is 1. The lowest BCUT2D eigenvalue weighted by Crippen LogP contribution is -2.45. The molecule has 2 aliphatic rings. The molecule has 30 heavy (non-hydrogen) atoms. The number of allylic oxidation sites excluding steroid dienone is 1. The number of nitrogens with zero attached hydrogens (tertiary/aromatic N) is 1. The summed E-state index contributed by atoms with van der Waals surface area (Å²) in [5, 5.41) is 3.27. The van der Waals surface area contributed by atoms with E-state index in [1.807, 2.05) is 6.92 Å². The van der Waals surface area contributed by atoms with Crippen molar-refractivity contribution in [2.45, 2.75) is 56.8 Å². The highest BCUT2D eigenvalue weighted by atomic mass is 35.5. The molecule has 1 saturated heterocycles. The van der Waals surface area contributed by atoms with Gasteiger partial charge in [-0.1, -0.05) is 23.3 Å². The fourth-order valence-corrected chi connectivity index (χ4v) is 5.91. The first-order valence-corrected chi connectivity index (χ1v) is 12.6. The van der Waals surface area contributed by atoms with Gasteiger partial charge in [-0.15, -0.1) is 0 Å². The molecule has 1 aromatic rings. The number of nitrogens with one attached hydrogen (secondary N) is 1. The first-order valence-electron chi connectivity index (χ1n) is 10.8. The average Bonchev–Trinajstić information content (AvgIpc) is 2.76. The van der Waals surface area contributed by atoms with Crippen LogP contribution in [0.4, 0.5) is 0 Å². The van der Waals surface area contributed by atoms with Crippen molar-refractivity contribution in [1.82, 2.24) is 9.62 Å². The Morgan fingerprint density at radius 1 is 1.30 bits per heavy atom. The molecule has 1 aromatic carbocycles. The maximum Gasteiger partial charge on any atom is 0.243 e. The van der Waals surface area contributed by atoms with Crippen LogP contribution in [-0.4, -0.2) is 44.9 Å². The Labute approximate surface area is 184 Å². The molecule has 3 rings (SSSR count). The Balaban J connectivity index is 1.59. The van der Waals surface area contributed by atoms with Gasteiger partial charge in [-0.3, -0.25) is 4.79 Å². The van der Waals surface area contributed by atoms with Gasteiger partial charge < -0.3 is 10.1 Å². The van der Waals surface area contributed by atoms with E-state index in [9.17, 15) is 13.2 Å². The van der Waals surface area contributed by atoms with E-state index >= 15 is 0 Å². The molecule has 1 aliphatic heterocycles. The minimum absolute atomic E-state index is 0.0592. The molecule has 0 saturated carbocycles. The lowest BCUT2D eigenvalue weighted by Gasteiger charge is -2.31. The van der Waals surface area contributed by atoms with Gasteiger partial charge in [0.05, 0.1) is 22.4 Å². The highest BCUT2D eigenvalue weighted by Gasteiger charge is 2.33. The smallest absolute Gasteiger partial charge is 0.243 e. The minimum atomic E-state index is -3.72. The monoisotopic (exact) mass is 454 g/mol. The summed E-state index contributed by atoms with van der Waals surface area (Å²) in [6.45, 7) is 3.51. The number of rotatable bonds is 8. The second-order valence-corrected chi connectivity index (χ2v) is 10.2. The summed E-state index contributed by atoms with van der Waals surface area (Å²) < 4.78 is 33.0. The number of hydrogen-bond acceptors (Lipinski definition) is 4. The van der Waals surface area contributed by atoms with Gasteiger partial charge in [0.2, 0.25) is 15.9 Å². The van der Waals surface area contributed by atoms with Crippen LogP contribution < -0.4 is 10.1 Å². The van der Waals surface area contributed by atoms with E-state index in [1.54, 1.807) is 6.07 Å². The zero-order chi connectivity index (χ0) is 21.6. The number of sulfonamides is 1. The van der Waals surface area contributed by atoms with Crippen LogP contribution in [-0.2, 0) is 14.8 Å². The van der Waals surface area contributed by atoms with E-state index in [2.05, 4.69) is 11.4 Å². The van der Waals surface area contributed by atoms with Crippen LogP contribution >= 0.6 is 11.6 Å². The number of benzene rings is 1. The fourth-order valence-electron chi connectivity index (χ4n) is 4.06. The van der Waals surface area contributed by atoms with Crippen LogP contribution in [0.1, 0.15) is 51.9 Å². The molecule has 6 nitrogen and oxygen atoms in total. The van der Waals surface area contributed by atoms with Gasteiger partial charge in [0.1, 0.15) is 5.75 Å². The molecule has 0 unspecified atom stereocenters. The van der Waals surface area contributed by atoms with Gasteiger partial charge in [-0.25, -0.2) is 8.42 Å². The number of carbonyl (C=O) groups is 1. The molecule has 166 valence electrons. The van der Waals surface area contributed by atoms with Crippen molar-refractivity contribution in [3.8, 4) is 5.75 Å². The third kappa shape index (κ3) is 5.77. The largest absolute Gasteiger partial charge is 0.492 e. The predicted molar refractivity (Wildman–Crippen MR) is 118 cm³/mol. The van der Waals surface area contributed by atoms with E-state index in [-0.39, 0.29) is 28.3 Å². The Hall–Kier alpha value is -1.57. The van der Waals surface area contributed by atoms with Crippen LogP contribution in [0.15, 0.2) is 34.7 Å². The molecule has 0 spiro atoms. The average molecular weight is 455 g/mol. The van der Waals surface area contributed by atoms with E-state index in [0.717, 1.165) is 19.3 Å². The third-order valence-corrected chi connectivity index (χ3v) is 7.88. The second kappa shape index (κ2) is 10.6. The summed E-state index contributed by atoms with van der Waals surface area (Å²) in [7, 11) is -3.72. The summed E-state index contributed by atoms with van der Waals surface area (Å²) >= 11 is 6.18. The zero-order valence-electron chi connectivity index (χ0n) is 17.5. The normalized spacial score (nSPS) is 20.5. The molecule has 1 heterocycles. The van der Waals surface area contributed by atoms with Crippen LogP contribution in [0.5, 0.6) is 5.75 Å². The molecular formula is C22H31ClN2O4S. The Bertz CT molecular complexity index is 885. The maximum atomic E-state index is 13.1. The summed E-state index contributed by atoms with van der Waals surface area (Å²) in [5.74, 6) is 0.0742. The number of halogens is 1. The third-order valence-electron chi connectivity index (χ3n) is 5.73. The van der Waals surface area contributed by atoms with Gasteiger partial charge in [-0.2, -0.15) is 4.31 Å². The van der Waals surface area contributed by atoms with Crippen LogP contribution in [0.3, 0.4) is 0 Å². The molecule has 0 bridgehead atoms. The number of amides is 1. The lowest BCUT2D eigenvalue weighted by atomic mass is 9.96. The standard InChI is InChI=1S/C22H31ClN2O4S/c1-2-29-21-11-10-19(15-20(21)23)30(27,28)25-14-6-9-18(16-25)22(26)24-13-12-17-7-4-3-5-8-17/h7,10-11,15,18H,2-6,8-9,12-14,16H2,1H3,(H,24,26)/t18-/m0/s1. The van der Waals surface area contributed by atoms with Crippen LogP contribution in [0.25, 0.3) is 0 Å². The predicted octanol–water partition coefficient (Wildman–Crippen LogP) is 4.15. The first-order chi connectivity index (χ1) is 14.4. The second-order valence-electron chi connectivity index (χ2n) is 7.88.